The molecule has 3 aromatic carbocycles. The van der Waals surface area contributed by atoms with Crippen LogP contribution in [0.5, 0.6) is 5.75 Å². The van der Waals surface area contributed by atoms with Crippen molar-refractivity contribution in [2.45, 2.75) is 0 Å². The topological polar surface area (TPSA) is 81.8 Å². The van der Waals surface area contributed by atoms with Gasteiger partial charge in [-0.1, -0.05) is 36.4 Å². The maximum absolute atomic E-state index is 12.4. The highest BCUT2D eigenvalue weighted by Crippen LogP contribution is 2.33. The maximum atomic E-state index is 12.4. The van der Waals surface area contributed by atoms with Gasteiger partial charge in [0.25, 0.3) is 5.56 Å². The highest BCUT2D eigenvalue weighted by Gasteiger charge is 2.13. The summed E-state index contributed by atoms with van der Waals surface area (Å²) < 4.78 is 0. The second kappa shape index (κ2) is 5.85. The van der Waals surface area contributed by atoms with Crippen LogP contribution in [0.1, 0.15) is 0 Å². The number of aromatic nitrogens is 3. The summed E-state index contributed by atoms with van der Waals surface area (Å²) in [5, 5.41) is 11.7. The molecular formula is C22H15N3O2. The van der Waals surface area contributed by atoms with Crippen LogP contribution in [0.25, 0.3) is 44.5 Å². The Kier molecular flexibility index (Phi) is 3.33. The van der Waals surface area contributed by atoms with Crippen LogP contribution in [0.3, 0.4) is 0 Å². The number of aromatic amines is 2. The highest BCUT2D eigenvalue weighted by molar-refractivity contribution is 5.96. The third kappa shape index (κ3) is 2.48. The molecule has 2 aromatic heterocycles. The van der Waals surface area contributed by atoms with Crippen LogP contribution in [-0.2, 0) is 0 Å². The molecule has 5 heteroatoms. The molecule has 27 heavy (non-hydrogen) atoms. The van der Waals surface area contributed by atoms with E-state index in [9.17, 15) is 9.90 Å². The predicted molar refractivity (Wildman–Crippen MR) is 107 cm³/mol. The Balaban J connectivity index is 1.75. The minimum Gasteiger partial charge on any atom is -0.507 e. The van der Waals surface area contributed by atoms with Crippen LogP contribution in [0.15, 0.2) is 77.6 Å². The quantitative estimate of drug-likeness (QED) is 0.439. The first kappa shape index (κ1) is 15.4. The Morgan fingerprint density at radius 2 is 1.59 bits per heavy atom. The van der Waals surface area contributed by atoms with Crippen molar-refractivity contribution in [1.82, 2.24) is 15.0 Å². The van der Waals surface area contributed by atoms with Crippen LogP contribution < -0.4 is 5.56 Å². The first-order chi connectivity index (χ1) is 13.2. The number of rotatable bonds is 2. The highest BCUT2D eigenvalue weighted by atomic mass is 16.3. The maximum Gasteiger partial charge on any atom is 0.259 e. The number of fused-ring (bicyclic) bond motifs is 2. The summed E-state index contributed by atoms with van der Waals surface area (Å²) in [4.78, 5) is 23.3. The van der Waals surface area contributed by atoms with Crippen LogP contribution >= 0.6 is 0 Å². The van der Waals surface area contributed by atoms with E-state index < -0.39 is 0 Å². The first-order valence-electron chi connectivity index (χ1n) is 8.60. The van der Waals surface area contributed by atoms with Crippen LogP contribution in [0.2, 0.25) is 0 Å². The van der Waals surface area contributed by atoms with E-state index in [2.05, 4.69) is 15.0 Å². The van der Waals surface area contributed by atoms with Crippen LogP contribution in [0.4, 0.5) is 0 Å². The van der Waals surface area contributed by atoms with Crippen molar-refractivity contribution in [3.8, 4) is 28.4 Å². The number of nitrogens with one attached hydrogen (secondary N) is 2. The number of para-hydroxylation sites is 3. The molecular weight excluding hydrogens is 338 g/mol. The monoisotopic (exact) mass is 353 g/mol. The molecule has 3 N–H and O–H groups in total. The minimum atomic E-state index is -0.167. The Morgan fingerprint density at radius 3 is 2.48 bits per heavy atom. The van der Waals surface area contributed by atoms with Gasteiger partial charge in [-0.2, -0.15) is 0 Å². The van der Waals surface area contributed by atoms with Gasteiger partial charge >= 0.3 is 0 Å². The summed E-state index contributed by atoms with van der Waals surface area (Å²) >= 11 is 0. The summed E-state index contributed by atoms with van der Waals surface area (Å²) in [6, 6.07) is 22.3. The molecule has 5 aromatic rings. The van der Waals surface area contributed by atoms with Crippen molar-refractivity contribution >= 4 is 21.8 Å². The van der Waals surface area contributed by atoms with E-state index in [-0.39, 0.29) is 11.3 Å². The van der Waals surface area contributed by atoms with Gasteiger partial charge in [0.1, 0.15) is 11.6 Å². The molecule has 0 spiro atoms. The van der Waals surface area contributed by atoms with Crippen molar-refractivity contribution in [1.29, 1.82) is 0 Å². The molecule has 0 aliphatic heterocycles. The summed E-state index contributed by atoms with van der Waals surface area (Å²) in [6.07, 6.45) is 0. The third-order valence-corrected chi connectivity index (χ3v) is 4.72. The second-order valence-corrected chi connectivity index (χ2v) is 6.40. The third-order valence-electron chi connectivity index (χ3n) is 4.72. The number of aromatic hydroxyl groups is 1. The molecule has 130 valence electrons. The number of phenols is 1. The Morgan fingerprint density at radius 1 is 0.815 bits per heavy atom. The zero-order valence-corrected chi connectivity index (χ0v) is 14.2. The lowest BCUT2D eigenvalue weighted by Gasteiger charge is -2.05. The lowest BCUT2D eigenvalue weighted by atomic mass is 10.1. The van der Waals surface area contributed by atoms with Crippen molar-refractivity contribution in [2.75, 3.05) is 0 Å². The van der Waals surface area contributed by atoms with E-state index in [1.807, 2.05) is 54.6 Å². The fraction of sp³-hybridized carbons (Fsp3) is 0. The largest absolute Gasteiger partial charge is 0.507 e. The molecule has 0 radical (unpaired) electrons. The first-order valence-corrected chi connectivity index (χ1v) is 8.60. The zero-order valence-electron chi connectivity index (χ0n) is 14.2. The summed E-state index contributed by atoms with van der Waals surface area (Å²) in [5.41, 5.74) is 3.67. The number of hydrogen-bond donors (Lipinski definition) is 3. The van der Waals surface area contributed by atoms with Gasteiger partial charge in [0, 0.05) is 16.5 Å². The number of benzene rings is 3. The Labute approximate surface area is 154 Å². The van der Waals surface area contributed by atoms with Gasteiger partial charge in [0.05, 0.1) is 22.1 Å². The number of hydrogen-bond acceptors (Lipinski definition) is 3. The molecule has 0 atom stereocenters. The number of H-pyrrole nitrogens is 2. The normalized spacial score (nSPS) is 11.3. The molecule has 0 saturated heterocycles. The summed E-state index contributed by atoms with van der Waals surface area (Å²) in [5.74, 6) is 0.720. The van der Waals surface area contributed by atoms with Gasteiger partial charge in [0.15, 0.2) is 0 Å². The van der Waals surface area contributed by atoms with E-state index in [1.165, 1.54) is 0 Å². The van der Waals surface area contributed by atoms with Gasteiger partial charge in [-0.3, -0.25) is 4.79 Å². The fourth-order valence-electron chi connectivity index (χ4n) is 3.41. The standard InChI is InChI=1S/C22H15N3O2/c26-19-11-4-2-7-14(19)18-12-13-6-5-9-16(20(13)23-18)21-24-17-10-3-1-8-15(17)22(27)25-21/h1-12,23,26H,(H,24,25,27). The minimum absolute atomic E-state index is 0.167. The predicted octanol–water partition coefficient (Wildman–Crippen LogP) is 4.44. The van der Waals surface area contributed by atoms with Gasteiger partial charge in [0.2, 0.25) is 0 Å². The lowest BCUT2D eigenvalue weighted by molar-refractivity contribution is 0.477. The molecule has 0 amide bonds. The Bertz CT molecular complexity index is 1370. The van der Waals surface area contributed by atoms with Crippen LogP contribution in [-0.4, -0.2) is 20.1 Å². The molecule has 0 unspecified atom stereocenters. The van der Waals surface area contributed by atoms with Crippen molar-refractivity contribution in [3.05, 3.63) is 83.2 Å². The molecule has 0 aliphatic carbocycles. The second-order valence-electron chi connectivity index (χ2n) is 6.40. The van der Waals surface area contributed by atoms with E-state index in [4.69, 9.17) is 0 Å². The molecule has 0 saturated carbocycles. The Hall–Kier alpha value is -3.86. The average molecular weight is 353 g/mol. The van der Waals surface area contributed by atoms with Crippen molar-refractivity contribution in [2.24, 2.45) is 0 Å². The molecule has 2 heterocycles. The van der Waals surface area contributed by atoms with Crippen LogP contribution in [0, 0.1) is 0 Å². The van der Waals surface area contributed by atoms with Gasteiger partial charge < -0.3 is 15.1 Å². The van der Waals surface area contributed by atoms with E-state index in [1.54, 1.807) is 18.2 Å². The number of nitrogens with zero attached hydrogens (tertiary/aromatic N) is 1. The molecule has 5 nitrogen and oxygen atoms in total. The van der Waals surface area contributed by atoms with Crippen molar-refractivity contribution < 1.29 is 5.11 Å². The zero-order chi connectivity index (χ0) is 18.4. The van der Waals surface area contributed by atoms with E-state index in [0.29, 0.717) is 16.7 Å². The van der Waals surface area contributed by atoms with Gasteiger partial charge in [-0.15, -0.1) is 0 Å². The summed E-state index contributed by atoms with van der Waals surface area (Å²) in [6.45, 7) is 0. The molecule has 5 rings (SSSR count). The molecule has 0 aliphatic rings. The lowest BCUT2D eigenvalue weighted by Crippen LogP contribution is -2.09. The molecule has 0 fully saturated rings. The number of phenolic OH excluding ortho intramolecular Hbond substituents is 1. The van der Waals surface area contributed by atoms with E-state index in [0.717, 1.165) is 27.7 Å². The molecule has 0 bridgehead atoms. The smallest absolute Gasteiger partial charge is 0.259 e. The summed E-state index contributed by atoms with van der Waals surface area (Å²) in [7, 11) is 0. The van der Waals surface area contributed by atoms with E-state index >= 15 is 0 Å². The fourth-order valence-corrected chi connectivity index (χ4v) is 3.41. The van der Waals surface area contributed by atoms with Gasteiger partial charge in [-0.05, 0) is 36.4 Å². The average Bonchev–Trinajstić information content (AvgIpc) is 3.12. The van der Waals surface area contributed by atoms with Crippen molar-refractivity contribution in [3.63, 3.8) is 0 Å². The SMILES string of the molecule is O=c1[nH]c(-c2cccc3cc(-c4ccccc4O)[nH]c23)nc2ccccc12. The van der Waals surface area contributed by atoms with Gasteiger partial charge in [-0.25, -0.2) is 4.98 Å².